The molecular weight excluding hydrogens is 281 g/mol. The van der Waals surface area contributed by atoms with Gasteiger partial charge in [-0.2, -0.15) is 13.2 Å². The maximum absolute atomic E-state index is 12.9. The third-order valence-electron chi connectivity index (χ3n) is 3.90. The summed E-state index contributed by atoms with van der Waals surface area (Å²) in [5.74, 6) is 0.738. The SMILES string of the molecule is CNc1cc(N(CC2CC2)CC2CC2)nc(C(F)(F)F)n1. The monoisotopic (exact) mass is 300 g/mol. The van der Waals surface area contributed by atoms with E-state index in [9.17, 15) is 13.2 Å². The van der Waals surface area contributed by atoms with Crippen molar-refractivity contribution in [1.82, 2.24) is 9.97 Å². The normalized spacial score (nSPS) is 18.7. The number of halogens is 3. The van der Waals surface area contributed by atoms with Gasteiger partial charge in [0, 0.05) is 26.2 Å². The molecule has 21 heavy (non-hydrogen) atoms. The van der Waals surface area contributed by atoms with E-state index in [4.69, 9.17) is 0 Å². The number of nitrogens with zero attached hydrogens (tertiary/aromatic N) is 3. The van der Waals surface area contributed by atoms with Crippen LogP contribution in [0.4, 0.5) is 24.8 Å². The lowest BCUT2D eigenvalue weighted by Gasteiger charge is -2.24. The summed E-state index contributed by atoms with van der Waals surface area (Å²) in [5.41, 5.74) is 0. The van der Waals surface area contributed by atoms with Gasteiger partial charge in [-0.15, -0.1) is 0 Å². The molecule has 0 unspecified atom stereocenters. The minimum Gasteiger partial charge on any atom is -0.373 e. The average Bonchev–Trinajstić information content (AvgIpc) is 3.31. The van der Waals surface area contributed by atoms with Crippen molar-refractivity contribution in [1.29, 1.82) is 0 Å². The molecule has 1 aromatic rings. The molecule has 3 rings (SSSR count). The predicted molar refractivity (Wildman–Crippen MR) is 74.2 cm³/mol. The second kappa shape index (κ2) is 5.35. The zero-order chi connectivity index (χ0) is 15.0. The first-order chi connectivity index (χ1) is 9.95. The fourth-order valence-corrected chi connectivity index (χ4v) is 2.34. The summed E-state index contributed by atoms with van der Waals surface area (Å²) in [7, 11) is 1.57. The van der Waals surface area contributed by atoms with Gasteiger partial charge in [0.15, 0.2) is 0 Å². The van der Waals surface area contributed by atoms with Gasteiger partial charge in [-0.1, -0.05) is 0 Å². The topological polar surface area (TPSA) is 41.0 Å². The number of hydrogen-bond acceptors (Lipinski definition) is 4. The van der Waals surface area contributed by atoms with Crippen LogP contribution in [0.15, 0.2) is 6.07 Å². The van der Waals surface area contributed by atoms with Crippen molar-refractivity contribution in [2.75, 3.05) is 30.4 Å². The van der Waals surface area contributed by atoms with E-state index in [2.05, 4.69) is 15.3 Å². The van der Waals surface area contributed by atoms with Gasteiger partial charge in [-0.25, -0.2) is 9.97 Å². The van der Waals surface area contributed by atoms with Crippen molar-refractivity contribution in [2.45, 2.75) is 31.9 Å². The summed E-state index contributed by atoms with van der Waals surface area (Å²) in [4.78, 5) is 9.29. The Labute approximate surface area is 121 Å². The van der Waals surface area contributed by atoms with E-state index in [1.807, 2.05) is 4.90 Å². The Bertz CT molecular complexity index is 495. The molecule has 2 aliphatic rings. The first-order valence-corrected chi connectivity index (χ1v) is 7.34. The van der Waals surface area contributed by atoms with Gasteiger partial charge in [0.2, 0.25) is 5.82 Å². The predicted octanol–water partition coefficient (Wildman–Crippen LogP) is 3.16. The van der Waals surface area contributed by atoms with Crippen LogP contribution in [0.1, 0.15) is 31.5 Å². The summed E-state index contributed by atoms with van der Waals surface area (Å²) in [6.45, 7) is 1.60. The average molecular weight is 300 g/mol. The minimum atomic E-state index is -4.52. The number of rotatable bonds is 6. The Morgan fingerprint density at radius 1 is 1.14 bits per heavy atom. The smallest absolute Gasteiger partial charge is 0.373 e. The second-order valence-corrected chi connectivity index (χ2v) is 5.97. The van der Waals surface area contributed by atoms with Crippen LogP contribution in [0.2, 0.25) is 0 Å². The highest BCUT2D eigenvalue weighted by Crippen LogP contribution is 2.36. The molecule has 1 aromatic heterocycles. The molecule has 0 bridgehead atoms. The van der Waals surface area contributed by atoms with Crippen LogP contribution >= 0.6 is 0 Å². The number of alkyl halides is 3. The van der Waals surface area contributed by atoms with Crippen LogP contribution < -0.4 is 10.2 Å². The molecule has 0 aliphatic heterocycles. The highest BCUT2D eigenvalue weighted by Gasteiger charge is 2.37. The van der Waals surface area contributed by atoms with Crippen LogP contribution in [-0.2, 0) is 6.18 Å². The summed E-state index contributed by atoms with van der Waals surface area (Å²) in [5, 5.41) is 2.69. The molecule has 2 saturated carbocycles. The van der Waals surface area contributed by atoms with Gasteiger partial charge in [-0.05, 0) is 37.5 Å². The molecule has 2 aliphatic carbocycles. The number of nitrogens with one attached hydrogen (secondary N) is 1. The Hall–Kier alpha value is -1.53. The Morgan fingerprint density at radius 2 is 1.71 bits per heavy atom. The van der Waals surface area contributed by atoms with Crippen LogP contribution in [0.25, 0.3) is 0 Å². The molecular formula is C14H19F3N4. The highest BCUT2D eigenvalue weighted by molar-refractivity contribution is 5.49. The zero-order valence-electron chi connectivity index (χ0n) is 12.0. The Kier molecular flexibility index (Phi) is 3.67. The van der Waals surface area contributed by atoms with Crippen LogP contribution in [0.5, 0.6) is 0 Å². The number of hydrogen-bond donors (Lipinski definition) is 1. The number of aromatic nitrogens is 2. The first kappa shape index (κ1) is 14.4. The fourth-order valence-electron chi connectivity index (χ4n) is 2.34. The van der Waals surface area contributed by atoms with Gasteiger partial charge in [0.25, 0.3) is 0 Å². The molecule has 1 heterocycles. The summed E-state index contributed by atoms with van der Waals surface area (Å²) in [6.07, 6.45) is 0.134. The minimum absolute atomic E-state index is 0.212. The molecule has 7 heteroatoms. The fraction of sp³-hybridized carbons (Fsp3) is 0.714. The molecule has 0 radical (unpaired) electrons. The van der Waals surface area contributed by atoms with Crippen molar-refractivity contribution >= 4 is 11.6 Å². The summed E-state index contributed by atoms with van der Waals surface area (Å²) < 4.78 is 38.8. The van der Waals surface area contributed by atoms with E-state index >= 15 is 0 Å². The molecule has 116 valence electrons. The Morgan fingerprint density at radius 3 is 2.14 bits per heavy atom. The van der Waals surface area contributed by atoms with Crippen LogP contribution in [0, 0.1) is 11.8 Å². The van der Waals surface area contributed by atoms with Gasteiger partial charge < -0.3 is 10.2 Å². The molecule has 0 amide bonds. The molecule has 2 fully saturated rings. The molecule has 4 nitrogen and oxygen atoms in total. The molecule has 0 aromatic carbocycles. The Balaban J connectivity index is 1.88. The van der Waals surface area contributed by atoms with Gasteiger partial charge in [-0.3, -0.25) is 0 Å². The maximum Gasteiger partial charge on any atom is 0.451 e. The maximum atomic E-state index is 12.9. The van der Waals surface area contributed by atoms with E-state index in [0.717, 1.165) is 38.8 Å². The lowest BCUT2D eigenvalue weighted by molar-refractivity contribution is -0.144. The van der Waals surface area contributed by atoms with E-state index in [1.54, 1.807) is 13.1 Å². The third kappa shape index (κ3) is 3.77. The molecule has 1 N–H and O–H groups in total. The standard InChI is InChI=1S/C14H19F3N4/c1-18-11-6-12(20-13(19-11)14(15,16)17)21(7-9-2-3-9)8-10-4-5-10/h6,9-10H,2-5,7-8H2,1H3,(H,18,19,20). The lowest BCUT2D eigenvalue weighted by Crippen LogP contribution is -2.30. The van der Waals surface area contributed by atoms with Crippen LogP contribution in [-0.4, -0.2) is 30.1 Å². The van der Waals surface area contributed by atoms with Gasteiger partial charge >= 0.3 is 6.18 Å². The van der Waals surface area contributed by atoms with E-state index in [1.165, 1.54) is 0 Å². The zero-order valence-corrected chi connectivity index (χ0v) is 12.0. The molecule has 0 spiro atoms. The summed E-state index contributed by atoms with van der Waals surface area (Å²) >= 11 is 0. The summed E-state index contributed by atoms with van der Waals surface area (Å²) in [6, 6.07) is 1.61. The molecule has 0 saturated heterocycles. The molecule has 0 atom stereocenters. The number of anilines is 2. The lowest BCUT2D eigenvalue weighted by atomic mass is 10.3. The largest absolute Gasteiger partial charge is 0.451 e. The van der Waals surface area contributed by atoms with Crippen molar-refractivity contribution in [3.8, 4) is 0 Å². The van der Waals surface area contributed by atoms with Gasteiger partial charge in [0.05, 0.1) is 0 Å². The van der Waals surface area contributed by atoms with Gasteiger partial charge in [0.1, 0.15) is 11.6 Å². The van der Waals surface area contributed by atoms with E-state index < -0.39 is 12.0 Å². The van der Waals surface area contributed by atoms with E-state index in [-0.39, 0.29) is 5.82 Å². The highest BCUT2D eigenvalue weighted by atomic mass is 19.4. The van der Waals surface area contributed by atoms with Crippen molar-refractivity contribution in [3.63, 3.8) is 0 Å². The van der Waals surface area contributed by atoms with E-state index in [0.29, 0.717) is 17.7 Å². The van der Waals surface area contributed by atoms with Crippen molar-refractivity contribution < 1.29 is 13.2 Å². The third-order valence-corrected chi connectivity index (χ3v) is 3.90. The quantitative estimate of drug-likeness (QED) is 0.876. The van der Waals surface area contributed by atoms with Crippen LogP contribution in [0.3, 0.4) is 0 Å². The van der Waals surface area contributed by atoms with Crippen molar-refractivity contribution in [3.05, 3.63) is 11.9 Å². The second-order valence-electron chi connectivity index (χ2n) is 5.97. The van der Waals surface area contributed by atoms with Crippen molar-refractivity contribution in [2.24, 2.45) is 11.8 Å². The first-order valence-electron chi connectivity index (χ1n) is 7.34.